The van der Waals surface area contributed by atoms with Crippen molar-refractivity contribution in [2.75, 3.05) is 31.1 Å². The molecule has 8 nitrogen and oxygen atoms in total. The molecule has 2 aliphatic heterocycles. The number of rotatable bonds is 4. The van der Waals surface area contributed by atoms with Crippen LogP contribution in [0.2, 0.25) is 0 Å². The standard InChI is InChI=1S/C28H27F3N6O2/c1-16(18-4-3-5-19(24(18)29)25(30)31)34-26-20-10-22-23(11-21(20)35(2)15-33-26)39-13-17-12-36(8-9-37(17)22)27(38)28(14-32)6-7-28/h3-5,10-11,15-17,25H,6-9,12-13H2,1-2H3/t16-,17+/m1/s1. The van der Waals surface area contributed by atoms with Crippen molar-refractivity contribution in [3.63, 3.8) is 0 Å². The second kappa shape index (κ2) is 9.29. The summed E-state index contributed by atoms with van der Waals surface area (Å²) in [4.78, 5) is 26.0. The molecule has 1 amide bonds. The first-order chi connectivity index (χ1) is 18.7. The number of aromatic nitrogens is 2. The number of nitriles is 1. The second-order valence-corrected chi connectivity index (χ2v) is 10.5. The Labute approximate surface area is 222 Å². The summed E-state index contributed by atoms with van der Waals surface area (Å²) in [6.07, 6.45) is -0.0880. The van der Waals surface area contributed by atoms with Gasteiger partial charge in [-0.15, -0.1) is 0 Å². The Kier molecular flexibility index (Phi) is 6.01. The number of benzene rings is 2. The summed E-state index contributed by atoms with van der Waals surface area (Å²) in [5.74, 6) is -0.353. The van der Waals surface area contributed by atoms with Crippen LogP contribution in [0.4, 0.5) is 18.9 Å². The van der Waals surface area contributed by atoms with E-state index in [1.807, 2.05) is 23.7 Å². The fourth-order valence-corrected chi connectivity index (χ4v) is 5.54. The van der Waals surface area contributed by atoms with E-state index < -0.39 is 29.3 Å². The van der Waals surface area contributed by atoms with Gasteiger partial charge < -0.3 is 19.1 Å². The van der Waals surface area contributed by atoms with E-state index in [2.05, 4.69) is 20.9 Å². The lowest BCUT2D eigenvalue weighted by atomic mass is 10.0. The highest BCUT2D eigenvalue weighted by atomic mass is 19.3. The van der Waals surface area contributed by atoms with Gasteiger partial charge in [-0.1, -0.05) is 18.2 Å². The van der Waals surface area contributed by atoms with Crippen LogP contribution in [-0.4, -0.2) is 52.6 Å². The molecule has 3 aromatic rings. The highest BCUT2D eigenvalue weighted by molar-refractivity contribution is 5.89. The maximum atomic E-state index is 14.8. The molecule has 6 rings (SSSR count). The number of anilines is 1. The van der Waals surface area contributed by atoms with Gasteiger partial charge in [-0.25, -0.2) is 18.2 Å². The normalized spacial score (nSPS) is 20.7. The molecule has 0 radical (unpaired) electrons. The maximum Gasteiger partial charge on any atom is 0.266 e. The smallest absolute Gasteiger partial charge is 0.266 e. The van der Waals surface area contributed by atoms with Crippen molar-refractivity contribution in [1.29, 1.82) is 5.26 Å². The lowest BCUT2D eigenvalue weighted by Crippen LogP contribution is -2.59. The number of carbonyl (C=O) groups is 1. The number of hydrogen-bond acceptors (Lipinski definition) is 6. The van der Waals surface area contributed by atoms with Crippen LogP contribution in [0.25, 0.3) is 10.9 Å². The number of hydrogen-bond donors (Lipinski definition) is 0. The molecule has 0 bridgehead atoms. The van der Waals surface area contributed by atoms with E-state index in [0.29, 0.717) is 55.7 Å². The minimum atomic E-state index is -2.92. The molecule has 2 aromatic carbocycles. The minimum absolute atomic E-state index is 0.0712. The molecule has 0 unspecified atom stereocenters. The van der Waals surface area contributed by atoms with Gasteiger partial charge in [0.05, 0.1) is 41.2 Å². The number of halogens is 3. The average Bonchev–Trinajstić information content (AvgIpc) is 3.74. The van der Waals surface area contributed by atoms with Crippen molar-refractivity contribution < 1.29 is 22.7 Å². The van der Waals surface area contributed by atoms with Crippen molar-refractivity contribution in [3.05, 3.63) is 59.1 Å². The molecule has 2 atom stereocenters. The van der Waals surface area contributed by atoms with Crippen LogP contribution in [0.15, 0.2) is 41.7 Å². The van der Waals surface area contributed by atoms with E-state index in [1.165, 1.54) is 12.1 Å². The van der Waals surface area contributed by atoms with E-state index in [-0.39, 0.29) is 17.5 Å². The van der Waals surface area contributed by atoms with E-state index in [0.717, 1.165) is 17.3 Å². The number of fused-ring (bicyclic) bond motifs is 4. The van der Waals surface area contributed by atoms with Crippen molar-refractivity contribution in [3.8, 4) is 11.8 Å². The van der Waals surface area contributed by atoms with Crippen LogP contribution in [-0.2, 0) is 11.8 Å². The molecular formula is C28H27F3N6O2. The average molecular weight is 537 g/mol. The molecule has 1 saturated heterocycles. The number of amides is 1. The van der Waals surface area contributed by atoms with Gasteiger partial charge in [0.25, 0.3) is 6.43 Å². The van der Waals surface area contributed by atoms with E-state index >= 15 is 0 Å². The van der Waals surface area contributed by atoms with E-state index in [9.17, 15) is 23.2 Å². The summed E-state index contributed by atoms with van der Waals surface area (Å²) >= 11 is 0. The predicted octanol–water partition coefficient (Wildman–Crippen LogP) is 4.03. The third-order valence-electron chi connectivity index (χ3n) is 7.99. The van der Waals surface area contributed by atoms with Crippen molar-refractivity contribution >= 4 is 22.5 Å². The quantitative estimate of drug-likeness (QED) is 0.503. The Bertz CT molecular complexity index is 1590. The molecule has 3 aliphatic rings. The Morgan fingerprint density at radius 1 is 1.26 bits per heavy atom. The lowest BCUT2D eigenvalue weighted by Gasteiger charge is -2.46. The minimum Gasteiger partial charge on any atom is -0.489 e. The summed E-state index contributed by atoms with van der Waals surface area (Å²) in [5.41, 5.74) is 0.575. The number of carbonyl (C=O) groups excluding carboxylic acids is 1. The fraction of sp³-hybridized carbons (Fsp3) is 0.429. The summed E-state index contributed by atoms with van der Waals surface area (Å²) in [5, 5.41) is 10.2. The molecular weight excluding hydrogens is 509 g/mol. The maximum absolute atomic E-state index is 14.8. The predicted molar refractivity (Wildman–Crippen MR) is 137 cm³/mol. The zero-order valence-electron chi connectivity index (χ0n) is 21.6. The molecule has 2 fully saturated rings. The molecule has 3 heterocycles. The summed E-state index contributed by atoms with van der Waals surface area (Å²) in [6, 6.07) is 9.16. The van der Waals surface area contributed by atoms with Crippen LogP contribution in [0.5, 0.6) is 5.75 Å². The van der Waals surface area contributed by atoms with Gasteiger partial charge in [-0.05, 0) is 25.8 Å². The van der Waals surface area contributed by atoms with Gasteiger partial charge in [0.2, 0.25) is 5.91 Å². The Morgan fingerprint density at radius 2 is 2.03 bits per heavy atom. The van der Waals surface area contributed by atoms with Crippen LogP contribution >= 0.6 is 0 Å². The number of ether oxygens (including phenoxy) is 1. The first-order valence-electron chi connectivity index (χ1n) is 12.9. The third kappa shape index (κ3) is 4.18. The number of piperazine rings is 1. The lowest BCUT2D eigenvalue weighted by molar-refractivity contribution is -0.136. The highest BCUT2D eigenvalue weighted by Crippen LogP contribution is 2.47. The van der Waals surface area contributed by atoms with E-state index in [1.54, 1.807) is 18.2 Å². The van der Waals surface area contributed by atoms with E-state index in [4.69, 9.17) is 4.74 Å². The Balaban J connectivity index is 1.36. The van der Waals surface area contributed by atoms with Gasteiger partial charge in [0, 0.05) is 43.7 Å². The molecule has 1 aliphatic carbocycles. The zero-order valence-corrected chi connectivity index (χ0v) is 21.6. The summed E-state index contributed by atoms with van der Waals surface area (Å²) in [7, 11) is 1.85. The van der Waals surface area contributed by atoms with Crippen LogP contribution in [0.1, 0.15) is 43.4 Å². The van der Waals surface area contributed by atoms with Gasteiger partial charge in [-0.2, -0.15) is 5.26 Å². The molecule has 1 saturated carbocycles. The van der Waals surface area contributed by atoms with Crippen molar-refractivity contribution in [2.24, 2.45) is 17.5 Å². The monoisotopic (exact) mass is 536 g/mol. The van der Waals surface area contributed by atoms with Crippen molar-refractivity contribution in [2.45, 2.75) is 38.3 Å². The largest absolute Gasteiger partial charge is 0.489 e. The SMILES string of the molecule is C[C@@H](N=c1ncn(C)c2cc3c(cc12)N1CCN(C(=O)C2(C#N)CC2)C[C@H]1CO3)c1cccc(C(F)F)c1F. The molecule has 202 valence electrons. The topological polar surface area (TPSA) is 86.8 Å². The summed E-state index contributed by atoms with van der Waals surface area (Å²) < 4.78 is 49.3. The molecule has 11 heteroatoms. The Morgan fingerprint density at radius 3 is 2.74 bits per heavy atom. The number of alkyl halides is 2. The highest BCUT2D eigenvalue weighted by Gasteiger charge is 2.53. The second-order valence-electron chi connectivity index (χ2n) is 10.5. The zero-order chi connectivity index (χ0) is 27.5. The van der Waals surface area contributed by atoms with Crippen LogP contribution in [0.3, 0.4) is 0 Å². The molecule has 39 heavy (non-hydrogen) atoms. The third-order valence-corrected chi connectivity index (χ3v) is 7.99. The van der Waals surface area contributed by atoms with Gasteiger partial charge in [-0.3, -0.25) is 9.79 Å². The van der Waals surface area contributed by atoms with Crippen molar-refractivity contribution in [1.82, 2.24) is 14.5 Å². The first kappa shape index (κ1) is 25.2. The van der Waals surface area contributed by atoms with Gasteiger partial charge >= 0.3 is 0 Å². The first-order valence-corrected chi connectivity index (χ1v) is 12.9. The number of aryl methyl sites for hydroxylation is 1. The van der Waals surface area contributed by atoms with Gasteiger partial charge in [0.15, 0.2) is 5.49 Å². The molecule has 0 N–H and O–H groups in total. The number of nitrogens with zero attached hydrogens (tertiary/aromatic N) is 6. The van der Waals surface area contributed by atoms with Gasteiger partial charge in [0.1, 0.15) is 23.6 Å². The fourth-order valence-electron chi connectivity index (χ4n) is 5.54. The van der Waals surface area contributed by atoms with Crippen LogP contribution < -0.4 is 15.1 Å². The molecule has 1 aromatic heterocycles. The molecule has 0 spiro atoms. The van der Waals surface area contributed by atoms with Crippen LogP contribution in [0, 0.1) is 22.6 Å². The Hall–Kier alpha value is -4.07. The summed E-state index contributed by atoms with van der Waals surface area (Å²) in [6.45, 7) is 3.61.